The molecule has 1 aliphatic carbocycles. The molecule has 2 heteroatoms. The maximum Gasteiger partial charge on any atom is 0.0685 e. The molecule has 1 aliphatic rings. The lowest BCUT2D eigenvalue weighted by Gasteiger charge is -2.27. The van der Waals surface area contributed by atoms with Gasteiger partial charge in [0.2, 0.25) is 0 Å². The molecule has 1 saturated carbocycles. The highest BCUT2D eigenvalue weighted by atomic mass is 16.4. The molecule has 0 aliphatic heterocycles. The first-order valence-corrected chi connectivity index (χ1v) is 5.19. The van der Waals surface area contributed by atoms with Crippen molar-refractivity contribution in [1.82, 2.24) is 0 Å². The van der Waals surface area contributed by atoms with Gasteiger partial charge in [0.25, 0.3) is 0 Å². The van der Waals surface area contributed by atoms with Crippen molar-refractivity contribution in [3.63, 3.8) is 0 Å². The van der Waals surface area contributed by atoms with Gasteiger partial charge in [-0.2, -0.15) is 0 Å². The maximum atomic E-state index is 9.05. The lowest BCUT2D eigenvalue weighted by molar-refractivity contribution is 0.300. The van der Waals surface area contributed by atoms with Gasteiger partial charge in [0.1, 0.15) is 0 Å². The zero-order chi connectivity index (χ0) is 10.1. The second kappa shape index (κ2) is 3.32. The molecule has 1 unspecified atom stereocenters. The molecular formula is C11H21NO. The third kappa shape index (κ3) is 1.72. The van der Waals surface area contributed by atoms with E-state index in [-0.39, 0.29) is 10.8 Å². The van der Waals surface area contributed by atoms with Crippen LogP contribution in [0, 0.1) is 10.8 Å². The average molecular weight is 183 g/mol. The van der Waals surface area contributed by atoms with Crippen LogP contribution in [0.2, 0.25) is 0 Å². The molecule has 1 atom stereocenters. The van der Waals surface area contributed by atoms with Gasteiger partial charge in [0, 0.05) is 10.8 Å². The van der Waals surface area contributed by atoms with Crippen LogP contribution in [0.15, 0.2) is 5.16 Å². The Morgan fingerprint density at radius 2 is 1.92 bits per heavy atom. The molecule has 2 nitrogen and oxygen atoms in total. The molecule has 1 N–H and O–H groups in total. The van der Waals surface area contributed by atoms with E-state index in [9.17, 15) is 0 Å². The number of nitrogens with zero attached hydrogens (tertiary/aromatic N) is 1. The minimum atomic E-state index is 0.0959. The standard InChI is InChI=1S/C11H21NO/c1-5-6-11(4)8-7-10(2,3)9(11)12-13/h13H,5-8H2,1-4H3. The van der Waals surface area contributed by atoms with Crippen molar-refractivity contribution in [2.45, 2.75) is 53.4 Å². The summed E-state index contributed by atoms with van der Waals surface area (Å²) in [6, 6.07) is 0. The normalized spacial score (nSPS) is 35.5. The molecule has 76 valence electrons. The Morgan fingerprint density at radius 1 is 1.31 bits per heavy atom. The number of hydrogen-bond donors (Lipinski definition) is 1. The SMILES string of the molecule is CCCC1(C)CCC(C)(C)C1=NO. The van der Waals surface area contributed by atoms with E-state index in [1.807, 2.05) is 0 Å². The van der Waals surface area contributed by atoms with E-state index in [4.69, 9.17) is 5.21 Å². The summed E-state index contributed by atoms with van der Waals surface area (Å²) in [6.45, 7) is 8.75. The predicted molar refractivity (Wildman–Crippen MR) is 55.3 cm³/mol. The van der Waals surface area contributed by atoms with E-state index in [0.717, 1.165) is 31.4 Å². The van der Waals surface area contributed by atoms with E-state index in [0.29, 0.717) is 0 Å². The molecule has 1 fully saturated rings. The van der Waals surface area contributed by atoms with Gasteiger partial charge in [0.15, 0.2) is 0 Å². The van der Waals surface area contributed by atoms with Crippen LogP contribution in [0.1, 0.15) is 53.4 Å². The summed E-state index contributed by atoms with van der Waals surface area (Å²) in [6.07, 6.45) is 4.59. The zero-order valence-corrected chi connectivity index (χ0v) is 9.22. The van der Waals surface area contributed by atoms with Crippen molar-refractivity contribution in [3.8, 4) is 0 Å². The molecule has 0 heterocycles. The molecule has 0 aromatic rings. The molecular weight excluding hydrogens is 162 g/mol. The second-order valence-electron chi connectivity index (χ2n) is 5.14. The van der Waals surface area contributed by atoms with Crippen molar-refractivity contribution in [2.24, 2.45) is 16.0 Å². The predicted octanol–water partition coefficient (Wildman–Crippen LogP) is 3.44. The van der Waals surface area contributed by atoms with Crippen molar-refractivity contribution < 1.29 is 5.21 Å². The van der Waals surface area contributed by atoms with Crippen molar-refractivity contribution in [3.05, 3.63) is 0 Å². The van der Waals surface area contributed by atoms with Gasteiger partial charge in [-0.25, -0.2) is 0 Å². The fourth-order valence-corrected chi connectivity index (χ4v) is 2.69. The minimum Gasteiger partial charge on any atom is -0.411 e. The highest BCUT2D eigenvalue weighted by molar-refractivity contribution is 5.95. The van der Waals surface area contributed by atoms with Gasteiger partial charge >= 0.3 is 0 Å². The first kappa shape index (κ1) is 10.6. The van der Waals surface area contributed by atoms with E-state index < -0.39 is 0 Å². The van der Waals surface area contributed by atoms with E-state index in [1.165, 1.54) is 0 Å². The third-order valence-corrected chi connectivity index (χ3v) is 3.42. The molecule has 0 saturated heterocycles. The summed E-state index contributed by atoms with van der Waals surface area (Å²) in [7, 11) is 0. The molecule has 1 rings (SSSR count). The van der Waals surface area contributed by atoms with E-state index >= 15 is 0 Å². The summed E-state index contributed by atoms with van der Waals surface area (Å²) < 4.78 is 0. The van der Waals surface area contributed by atoms with Crippen LogP contribution in [0.25, 0.3) is 0 Å². The second-order valence-corrected chi connectivity index (χ2v) is 5.14. The molecule has 0 aromatic carbocycles. The molecule has 0 spiro atoms. The Hall–Kier alpha value is -0.530. The topological polar surface area (TPSA) is 32.6 Å². The maximum absolute atomic E-state index is 9.05. The van der Waals surface area contributed by atoms with E-state index in [2.05, 4.69) is 32.9 Å². The first-order valence-electron chi connectivity index (χ1n) is 5.19. The Morgan fingerprint density at radius 3 is 2.38 bits per heavy atom. The van der Waals surface area contributed by atoms with Gasteiger partial charge in [-0.3, -0.25) is 0 Å². The first-order chi connectivity index (χ1) is 5.96. The number of rotatable bonds is 2. The van der Waals surface area contributed by atoms with Crippen molar-refractivity contribution in [1.29, 1.82) is 0 Å². The quantitative estimate of drug-likeness (QED) is 0.516. The lowest BCUT2D eigenvalue weighted by atomic mass is 9.78. The Balaban J connectivity index is 2.92. The third-order valence-electron chi connectivity index (χ3n) is 3.42. The van der Waals surface area contributed by atoms with Gasteiger partial charge in [0.05, 0.1) is 5.71 Å². The summed E-state index contributed by atoms with van der Waals surface area (Å²) in [5, 5.41) is 12.6. The highest BCUT2D eigenvalue weighted by Gasteiger charge is 2.46. The monoisotopic (exact) mass is 183 g/mol. The van der Waals surface area contributed by atoms with Gasteiger partial charge in [-0.15, -0.1) is 0 Å². The van der Waals surface area contributed by atoms with Crippen LogP contribution >= 0.6 is 0 Å². The van der Waals surface area contributed by atoms with Crippen LogP contribution in [0.4, 0.5) is 0 Å². The van der Waals surface area contributed by atoms with E-state index in [1.54, 1.807) is 0 Å². The highest BCUT2D eigenvalue weighted by Crippen LogP contribution is 2.48. The molecule has 0 radical (unpaired) electrons. The van der Waals surface area contributed by atoms with Crippen LogP contribution in [-0.4, -0.2) is 10.9 Å². The fraction of sp³-hybridized carbons (Fsp3) is 0.909. The minimum absolute atomic E-state index is 0.0959. The van der Waals surface area contributed by atoms with Crippen LogP contribution < -0.4 is 0 Å². The Labute approximate surface area is 81.0 Å². The smallest absolute Gasteiger partial charge is 0.0685 e. The van der Waals surface area contributed by atoms with Gasteiger partial charge in [-0.05, 0) is 19.3 Å². The van der Waals surface area contributed by atoms with Gasteiger partial charge < -0.3 is 5.21 Å². The van der Waals surface area contributed by atoms with Crippen LogP contribution in [-0.2, 0) is 0 Å². The zero-order valence-electron chi connectivity index (χ0n) is 9.22. The average Bonchev–Trinajstić information content (AvgIpc) is 2.23. The summed E-state index contributed by atoms with van der Waals surface area (Å²) in [4.78, 5) is 0. The number of hydrogen-bond acceptors (Lipinski definition) is 2. The Kier molecular flexibility index (Phi) is 2.69. The van der Waals surface area contributed by atoms with Crippen molar-refractivity contribution >= 4 is 5.71 Å². The largest absolute Gasteiger partial charge is 0.411 e. The molecule has 0 bridgehead atoms. The van der Waals surface area contributed by atoms with Gasteiger partial charge in [-0.1, -0.05) is 39.3 Å². The number of oxime groups is 1. The summed E-state index contributed by atoms with van der Waals surface area (Å²) in [5.41, 5.74) is 1.24. The fourth-order valence-electron chi connectivity index (χ4n) is 2.69. The van der Waals surface area contributed by atoms with Crippen LogP contribution in [0.3, 0.4) is 0 Å². The molecule has 0 aromatic heterocycles. The summed E-state index contributed by atoms with van der Waals surface area (Å²) in [5.74, 6) is 0. The lowest BCUT2D eigenvalue weighted by Crippen LogP contribution is -2.30. The molecule has 0 amide bonds. The van der Waals surface area contributed by atoms with Crippen LogP contribution in [0.5, 0.6) is 0 Å². The van der Waals surface area contributed by atoms with Crippen molar-refractivity contribution in [2.75, 3.05) is 0 Å². The summed E-state index contributed by atoms with van der Waals surface area (Å²) >= 11 is 0. The Bertz CT molecular complexity index is 220. The molecule has 13 heavy (non-hydrogen) atoms.